The molecule has 1 heteroatoms. The molecule has 2 atom stereocenters. The molecular weight excluding hydrogens is 211 g/mol. The first-order chi connectivity index (χ1) is 3.84. The molecule has 50 valence electrons. The van der Waals surface area contributed by atoms with Crippen LogP contribution in [0.15, 0.2) is 0 Å². The van der Waals surface area contributed by atoms with Crippen LogP contribution in [0.3, 0.4) is 0 Å². The summed E-state index contributed by atoms with van der Waals surface area (Å²) in [5.74, 6) is 1.08. The van der Waals surface area contributed by atoms with Crippen LogP contribution in [0, 0.1) is 5.92 Å². The second-order valence-corrected chi connectivity index (χ2v) is 5.49. The van der Waals surface area contributed by atoms with E-state index in [2.05, 4.69) is 11.9 Å². The Morgan fingerprint density at radius 2 is 2.12 bits per heavy atom. The van der Waals surface area contributed by atoms with E-state index in [4.69, 9.17) is 0 Å². The standard InChI is InChI=1S/C7H14I/c1-6-4-3-5-7(6)8-2/h6-7H,3-5H2,1-2H3/q-1/t6?,7-/m0/s1. The third-order valence-electron chi connectivity index (χ3n) is 2.04. The van der Waals surface area contributed by atoms with Crippen LogP contribution >= 0.6 is 0 Å². The zero-order valence-corrected chi connectivity index (χ0v) is 7.81. The predicted octanol–water partition coefficient (Wildman–Crippen LogP) is -1.11. The van der Waals surface area contributed by atoms with Crippen molar-refractivity contribution in [1.29, 1.82) is 0 Å². The first kappa shape index (κ1) is 6.84. The van der Waals surface area contributed by atoms with Gasteiger partial charge in [-0.25, -0.2) is 0 Å². The van der Waals surface area contributed by atoms with Gasteiger partial charge >= 0.3 is 62.2 Å². The third kappa shape index (κ3) is 1.36. The molecule has 0 aromatic rings. The molecule has 1 aliphatic carbocycles. The fraction of sp³-hybridized carbons (Fsp3) is 1.00. The zero-order valence-electron chi connectivity index (χ0n) is 5.65. The molecule has 1 saturated carbocycles. The van der Waals surface area contributed by atoms with Crippen LogP contribution in [0.2, 0.25) is 0 Å². The topological polar surface area (TPSA) is 0 Å². The van der Waals surface area contributed by atoms with Crippen molar-refractivity contribution < 1.29 is 21.2 Å². The minimum absolute atomic E-state index is 0.564. The van der Waals surface area contributed by atoms with Gasteiger partial charge in [0.1, 0.15) is 0 Å². The van der Waals surface area contributed by atoms with Crippen LogP contribution < -0.4 is 21.2 Å². The maximum absolute atomic E-state index is 2.42. The van der Waals surface area contributed by atoms with E-state index in [-0.39, 0.29) is 0 Å². The molecule has 0 radical (unpaired) electrons. The first-order valence-electron chi connectivity index (χ1n) is 3.32. The van der Waals surface area contributed by atoms with E-state index in [1.807, 2.05) is 0 Å². The number of halogens is 1. The van der Waals surface area contributed by atoms with E-state index in [9.17, 15) is 0 Å². The normalized spacial score (nSPS) is 38.8. The number of alkyl halides is 2. The zero-order chi connectivity index (χ0) is 5.98. The first-order valence-corrected chi connectivity index (χ1v) is 6.73. The van der Waals surface area contributed by atoms with E-state index in [1.54, 1.807) is 6.42 Å². The Bertz CT molecular complexity index is 70.8. The molecule has 1 fully saturated rings. The van der Waals surface area contributed by atoms with Crippen LogP contribution in [-0.4, -0.2) is 8.86 Å². The fourth-order valence-electron chi connectivity index (χ4n) is 1.42. The summed E-state index contributed by atoms with van der Waals surface area (Å²) in [7, 11) is 0. The Hall–Kier alpha value is 0.730. The average molecular weight is 225 g/mol. The van der Waals surface area contributed by atoms with Crippen LogP contribution in [0.1, 0.15) is 26.2 Å². The summed E-state index contributed by atoms with van der Waals surface area (Å²) in [6, 6.07) is 0. The van der Waals surface area contributed by atoms with Gasteiger partial charge in [-0.3, -0.25) is 0 Å². The van der Waals surface area contributed by atoms with Crippen LogP contribution in [0.5, 0.6) is 0 Å². The maximum atomic E-state index is 2.42. The van der Waals surface area contributed by atoms with Crippen molar-refractivity contribution in [2.45, 2.75) is 30.1 Å². The monoisotopic (exact) mass is 225 g/mol. The van der Waals surface area contributed by atoms with Crippen LogP contribution in [0.4, 0.5) is 0 Å². The van der Waals surface area contributed by atoms with Gasteiger partial charge in [-0.15, -0.1) is 0 Å². The Morgan fingerprint density at radius 1 is 1.38 bits per heavy atom. The molecule has 0 N–H and O–H groups in total. The van der Waals surface area contributed by atoms with Gasteiger partial charge in [-0.2, -0.15) is 0 Å². The summed E-state index contributed by atoms with van der Waals surface area (Å²) >= 11 is 0.564. The molecule has 0 amide bonds. The van der Waals surface area contributed by atoms with E-state index in [1.165, 1.54) is 16.8 Å². The van der Waals surface area contributed by atoms with Gasteiger partial charge in [0.05, 0.1) is 0 Å². The van der Waals surface area contributed by atoms with Crippen molar-refractivity contribution in [2.24, 2.45) is 5.92 Å². The Balaban J connectivity index is 2.30. The second kappa shape index (κ2) is 3.04. The van der Waals surface area contributed by atoms with E-state index < -0.39 is 0 Å². The van der Waals surface area contributed by atoms with Gasteiger partial charge < -0.3 is 0 Å². The predicted molar refractivity (Wildman–Crippen MR) is 32.7 cm³/mol. The molecule has 0 aromatic heterocycles. The molecule has 0 aliphatic heterocycles. The van der Waals surface area contributed by atoms with E-state index >= 15 is 0 Å². The van der Waals surface area contributed by atoms with E-state index in [0.717, 1.165) is 5.92 Å². The van der Waals surface area contributed by atoms with Gasteiger partial charge in [-0.05, 0) is 0 Å². The number of hydrogen-bond acceptors (Lipinski definition) is 0. The van der Waals surface area contributed by atoms with Crippen molar-refractivity contribution in [3.63, 3.8) is 0 Å². The molecule has 1 rings (SSSR count). The van der Waals surface area contributed by atoms with Crippen molar-refractivity contribution in [1.82, 2.24) is 0 Å². The quantitative estimate of drug-likeness (QED) is 0.392. The molecule has 0 spiro atoms. The summed E-state index contributed by atoms with van der Waals surface area (Å²) in [6.07, 6.45) is 4.57. The molecule has 0 heterocycles. The second-order valence-electron chi connectivity index (χ2n) is 2.64. The summed E-state index contributed by atoms with van der Waals surface area (Å²) in [5, 5.41) is 0. The molecule has 0 saturated heterocycles. The van der Waals surface area contributed by atoms with Crippen molar-refractivity contribution >= 4 is 0 Å². The van der Waals surface area contributed by atoms with Crippen molar-refractivity contribution in [2.75, 3.05) is 4.93 Å². The summed E-state index contributed by atoms with van der Waals surface area (Å²) < 4.78 is 1.17. The molecule has 8 heavy (non-hydrogen) atoms. The summed E-state index contributed by atoms with van der Waals surface area (Å²) in [4.78, 5) is 2.42. The molecule has 0 aromatic carbocycles. The molecule has 1 aliphatic rings. The molecule has 1 unspecified atom stereocenters. The van der Waals surface area contributed by atoms with Crippen LogP contribution in [-0.2, 0) is 0 Å². The molecular formula is C7H14I-. The van der Waals surface area contributed by atoms with Gasteiger partial charge in [-0.1, -0.05) is 0 Å². The van der Waals surface area contributed by atoms with Crippen molar-refractivity contribution in [3.05, 3.63) is 0 Å². The Labute approximate surface area is 62.3 Å². The van der Waals surface area contributed by atoms with Crippen LogP contribution in [0.25, 0.3) is 0 Å². The van der Waals surface area contributed by atoms with Crippen molar-refractivity contribution in [3.8, 4) is 0 Å². The third-order valence-corrected chi connectivity index (χ3v) is 5.49. The SMILES string of the molecule is C[I-][C@H]1CCCC1C. The van der Waals surface area contributed by atoms with Gasteiger partial charge in [0.15, 0.2) is 0 Å². The number of hydrogen-bond donors (Lipinski definition) is 0. The summed E-state index contributed by atoms with van der Waals surface area (Å²) in [5.41, 5.74) is 0. The van der Waals surface area contributed by atoms with Gasteiger partial charge in [0.25, 0.3) is 0 Å². The average Bonchev–Trinajstić information content (AvgIpc) is 2.14. The molecule has 0 bridgehead atoms. The fourth-order valence-corrected chi connectivity index (χ4v) is 4.07. The summed E-state index contributed by atoms with van der Waals surface area (Å²) in [6.45, 7) is 2.42. The Morgan fingerprint density at radius 3 is 2.38 bits per heavy atom. The van der Waals surface area contributed by atoms with Gasteiger partial charge in [0, 0.05) is 0 Å². The molecule has 0 nitrogen and oxygen atoms in total. The Kier molecular flexibility index (Phi) is 2.60. The van der Waals surface area contributed by atoms with Gasteiger partial charge in [0.2, 0.25) is 0 Å². The number of rotatable bonds is 1. The van der Waals surface area contributed by atoms with E-state index in [0.29, 0.717) is 21.2 Å². The minimum atomic E-state index is 0.564.